The highest BCUT2D eigenvalue weighted by atomic mass is 16.7. The molecule has 1 saturated heterocycles. The Kier molecular flexibility index (Phi) is 6.13. The number of aliphatic carboxylic acids is 1. The van der Waals surface area contributed by atoms with Crippen LogP contribution in [-0.4, -0.2) is 84.0 Å². The molecule has 12 nitrogen and oxygen atoms in total. The van der Waals surface area contributed by atoms with Gasteiger partial charge in [-0.25, -0.2) is 4.79 Å². The molecule has 3 aromatic rings. The Labute approximate surface area is 239 Å². The Morgan fingerprint density at radius 2 is 1.81 bits per heavy atom. The molecule has 0 aliphatic carbocycles. The summed E-state index contributed by atoms with van der Waals surface area (Å²) in [6.07, 6.45) is -7.72. The van der Waals surface area contributed by atoms with E-state index in [9.17, 15) is 25.2 Å². The van der Waals surface area contributed by atoms with Gasteiger partial charge in [0, 0.05) is 11.1 Å². The standard InChI is InChI=1S/C30H29NO11/c1-37-17-9-8-14-16-11-39-26-19(23(16)40-24(14)25(17)38-2)15(13-6-4-3-5-7-13)10-18-20(26)31-12-30(41-18)28(34)22(33)21(32)27(42-30)29(35)36/h3-10,16,21-23,27-28,31-34H,11-12H2,1-2H3,(H,35,36)/t16-,21-,22-,23-,27-,28+,30+/m0/s1. The van der Waals surface area contributed by atoms with Gasteiger partial charge in [0.05, 0.1) is 33.3 Å². The van der Waals surface area contributed by atoms with Gasteiger partial charge in [0.1, 0.15) is 30.1 Å². The monoisotopic (exact) mass is 579 g/mol. The molecule has 7 atom stereocenters. The van der Waals surface area contributed by atoms with Crippen molar-refractivity contribution >= 4 is 11.7 Å². The number of carboxylic acid groups (broad SMARTS) is 1. The molecule has 0 radical (unpaired) electrons. The first-order valence-corrected chi connectivity index (χ1v) is 13.5. The van der Waals surface area contributed by atoms with Gasteiger partial charge < -0.3 is 54.2 Å². The van der Waals surface area contributed by atoms with Gasteiger partial charge in [-0.05, 0) is 23.3 Å². The van der Waals surface area contributed by atoms with Crippen LogP contribution in [0.5, 0.6) is 28.7 Å². The second-order valence-corrected chi connectivity index (χ2v) is 10.7. The van der Waals surface area contributed by atoms with Gasteiger partial charge in [-0.15, -0.1) is 0 Å². The minimum atomic E-state index is -2.00. The number of hydrogen-bond donors (Lipinski definition) is 5. The van der Waals surface area contributed by atoms with E-state index >= 15 is 0 Å². The lowest BCUT2D eigenvalue weighted by molar-refractivity contribution is -0.325. The van der Waals surface area contributed by atoms with Crippen LogP contribution >= 0.6 is 0 Å². The van der Waals surface area contributed by atoms with E-state index in [0.29, 0.717) is 28.7 Å². The molecule has 0 unspecified atom stereocenters. The van der Waals surface area contributed by atoms with E-state index in [1.807, 2.05) is 42.5 Å². The van der Waals surface area contributed by atoms with Crippen molar-refractivity contribution in [3.63, 3.8) is 0 Å². The molecule has 12 heteroatoms. The molecule has 42 heavy (non-hydrogen) atoms. The van der Waals surface area contributed by atoms with Crippen molar-refractivity contribution in [2.24, 2.45) is 0 Å². The largest absolute Gasteiger partial charge is 0.493 e. The van der Waals surface area contributed by atoms with Crippen LogP contribution in [-0.2, 0) is 9.53 Å². The number of aliphatic hydroxyl groups is 3. The Morgan fingerprint density at radius 3 is 2.52 bits per heavy atom. The Balaban J connectivity index is 1.36. The van der Waals surface area contributed by atoms with E-state index in [1.54, 1.807) is 20.3 Å². The molecule has 4 aliphatic rings. The van der Waals surface area contributed by atoms with Crippen LogP contribution < -0.4 is 29.0 Å². The molecule has 220 valence electrons. The first-order chi connectivity index (χ1) is 20.3. The molecular formula is C30H29NO11. The molecule has 0 aromatic heterocycles. The number of aliphatic hydroxyl groups excluding tert-OH is 3. The fraction of sp³-hybridized carbons (Fsp3) is 0.367. The number of hydrogen-bond acceptors (Lipinski definition) is 11. The molecule has 0 bridgehead atoms. The third kappa shape index (κ3) is 3.72. The van der Waals surface area contributed by atoms with Crippen molar-refractivity contribution in [2.45, 2.75) is 42.2 Å². The fourth-order valence-electron chi connectivity index (χ4n) is 6.34. The van der Waals surface area contributed by atoms with Gasteiger partial charge in [-0.2, -0.15) is 0 Å². The molecule has 7 rings (SSSR count). The SMILES string of the molecule is COc1ccc2c(c1OC)O[C@@H]1c3c(-c4ccccc4)cc4c(c3OC[C@@H]21)NC[C@@]1(O4)O[C@H](C(=O)O)[C@@H](O)[C@H](O)[C@H]1O. The lowest BCUT2D eigenvalue weighted by Gasteiger charge is -2.49. The predicted octanol–water partition coefficient (Wildman–Crippen LogP) is 2.05. The number of carbonyl (C=O) groups is 1. The van der Waals surface area contributed by atoms with Gasteiger partial charge in [-0.3, -0.25) is 0 Å². The summed E-state index contributed by atoms with van der Waals surface area (Å²) in [7, 11) is 3.12. The molecule has 5 N–H and O–H groups in total. The number of methoxy groups -OCH3 is 2. The van der Waals surface area contributed by atoms with E-state index in [0.717, 1.165) is 22.3 Å². The van der Waals surface area contributed by atoms with Gasteiger partial charge >= 0.3 is 5.97 Å². The summed E-state index contributed by atoms with van der Waals surface area (Å²) in [5, 5.41) is 44.4. The maximum atomic E-state index is 11.8. The van der Waals surface area contributed by atoms with Crippen molar-refractivity contribution in [2.75, 3.05) is 32.7 Å². The number of nitrogens with one attached hydrogen (secondary N) is 1. The smallest absolute Gasteiger partial charge is 0.335 e. The van der Waals surface area contributed by atoms with Crippen molar-refractivity contribution in [1.29, 1.82) is 0 Å². The van der Waals surface area contributed by atoms with Gasteiger partial charge in [-0.1, -0.05) is 36.4 Å². The summed E-state index contributed by atoms with van der Waals surface area (Å²) in [4.78, 5) is 11.8. The van der Waals surface area contributed by atoms with Gasteiger partial charge in [0.15, 0.2) is 29.1 Å². The minimum absolute atomic E-state index is 0.153. The average molecular weight is 580 g/mol. The second-order valence-electron chi connectivity index (χ2n) is 10.7. The molecule has 4 heterocycles. The zero-order chi connectivity index (χ0) is 29.3. The number of fused-ring (bicyclic) bond motifs is 7. The van der Waals surface area contributed by atoms with E-state index in [4.69, 9.17) is 28.4 Å². The highest BCUT2D eigenvalue weighted by Crippen LogP contribution is 2.60. The maximum Gasteiger partial charge on any atom is 0.335 e. The Morgan fingerprint density at radius 1 is 1.02 bits per heavy atom. The first kappa shape index (κ1) is 26.7. The molecular weight excluding hydrogens is 550 g/mol. The third-order valence-electron chi connectivity index (χ3n) is 8.40. The predicted molar refractivity (Wildman–Crippen MR) is 145 cm³/mol. The number of benzene rings is 3. The molecule has 0 amide bonds. The maximum absolute atomic E-state index is 11.8. The quantitative estimate of drug-likeness (QED) is 0.306. The van der Waals surface area contributed by atoms with Crippen LogP contribution in [0.3, 0.4) is 0 Å². The molecule has 0 saturated carbocycles. The topological polar surface area (TPSA) is 165 Å². The fourth-order valence-corrected chi connectivity index (χ4v) is 6.34. The highest BCUT2D eigenvalue weighted by molar-refractivity contribution is 5.83. The van der Waals surface area contributed by atoms with Gasteiger partial charge in [0.25, 0.3) is 5.79 Å². The zero-order valence-electron chi connectivity index (χ0n) is 22.6. The third-order valence-corrected chi connectivity index (χ3v) is 8.40. The van der Waals surface area contributed by atoms with Crippen molar-refractivity contribution in [3.8, 4) is 39.9 Å². The molecule has 4 aliphatic heterocycles. The van der Waals surface area contributed by atoms with E-state index in [-0.39, 0.29) is 24.8 Å². The molecule has 3 aromatic carbocycles. The average Bonchev–Trinajstić information content (AvgIpc) is 3.40. The lowest BCUT2D eigenvalue weighted by Crippen LogP contribution is -2.71. The van der Waals surface area contributed by atoms with Crippen LogP contribution in [0.15, 0.2) is 48.5 Å². The Bertz CT molecular complexity index is 1560. The summed E-state index contributed by atoms with van der Waals surface area (Å²) < 4.78 is 36.0. The van der Waals surface area contributed by atoms with Crippen LogP contribution in [0.4, 0.5) is 5.69 Å². The zero-order valence-corrected chi connectivity index (χ0v) is 22.6. The summed E-state index contributed by atoms with van der Waals surface area (Å²) in [6, 6.07) is 15.1. The number of anilines is 1. The first-order valence-electron chi connectivity index (χ1n) is 13.5. The van der Waals surface area contributed by atoms with Gasteiger partial charge in [0.2, 0.25) is 5.75 Å². The normalized spacial score (nSPS) is 30.3. The summed E-state index contributed by atoms with van der Waals surface area (Å²) in [5.74, 6) is -1.36. The highest BCUT2D eigenvalue weighted by Gasteiger charge is 2.59. The van der Waals surface area contributed by atoms with E-state index < -0.39 is 42.3 Å². The summed E-state index contributed by atoms with van der Waals surface area (Å²) in [5.41, 5.74) is 3.70. The number of carboxylic acids is 1. The van der Waals surface area contributed by atoms with Crippen LogP contribution in [0.25, 0.3) is 11.1 Å². The van der Waals surface area contributed by atoms with E-state index in [2.05, 4.69) is 5.32 Å². The summed E-state index contributed by atoms with van der Waals surface area (Å²) in [6.45, 7) is 0.0399. The van der Waals surface area contributed by atoms with Crippen molar-refractivity contribution < 1.29 is 53.6 Å². The molecule has 1 spiro atoms. The van der Waals surface area contributed by atoms with Crippen LogP contribution in [0.1, 0.15) is 23.1 Å². The van der Waals surface area contributed by atoms with Crippen LogP contribution in [0, 0.1) is 0 Å². The number of rotatable bonds is 4. The van der Waals surface area contributed by atoms with Crippen molar-refractivity contribution in [3.05, 3.63) is 59.7 Å². The second kappa shape index (κ2) is 9.66. The lowest BCUT2D eigenvalue weighted by atomic mass is 9.84. The minimum Gasteiger partial charge on any atom is -0.493 e. The van der Waals surface area contributed by atoms with E-state index in [1.165, 1.54) is 0 Å². The van der Waals surface area contributed by atoms with Crippen LogP contribution in [0.2, 0.25) is 0 Å². The Hall–Kier alpha value is -4.23. The number of ether oxygens (including phenoxy) is 6. The molecule has 1 fully saturated rings. The summed E-state index contributed by atoms with van der Waals surface area (Å²) >= 11 is 0. The van der Waals surface area contributed by atoms with Crippen molar-refractivity contribution in [1.82, 2.24) is 0 Å².